The maximum atomic E-state index is 13.0. The highest BCUT2D eigenvalue weighted by molar-refractivity contribution is 6.31. The number of amides is 1. The fourth-order valence-corrected chi connectivity index (χ4v) is 3.46. The van der Waals surface area contributed by atoms with Crippen molar-refractivity contribution in [3.05, 3.63) is 62.2 Å². The van der Waals surface area contributed by atoms with Crippen LogP contribution in [0.15, 0.2) is 30.3 Å². The molecule has 0 atom stereocenters. The number of hydrogen-bond acceptors (Lipinski definition) is 5. The largest absolute Gasteiger partial charge is 0.490 e. The van der Waals surface area contributed by atoms with E-state index in [2.05, 4.69) is 0 Å². The lowest BCUT2D eigenvalue weighted by molar-refractivity contribution is -0.385. The van der Waals surface area contributed by atoms with E-state index in [1.807, 2.05) is 26.0 Å². The van der Waals surface area contributed by atoms with Crippen LogP contribution in [0.2, 0.25) is 5.02 Å². The molecular formula is C20H21ClN2O5. The van der Waals surface area contributed by atoms with E-state index in [1.54, 1.807) is 4.90 Å². The highest BCUT2D eigenvalue weighted by Gasteiger charge is 2.28. The highest BCUT2D eigenvalue weighted by Crippen LogP contribution is 2.34. The maximum Gasteiger partial charge on any atom is 0.282 e. The third-order valence-electron chi connectivity index (χ3n) is 4.55. The van der Waals surface area contributed by atoms with E-state index in [9.17, 15) is 14.9 Å². The third kappa shape index (κ3) is 4.04. The average Bonchev–Trinajstić information content (AvgIpc) is 2.67. The fourth-order valence-electron chi connectivity index (χ4n) is 3.28. The minimum atomic E-state index is -0.566. The average molecular weight is 405 g/mol. The van der Waals surface area contributed by atoms with Crippen LogP contribution in [0.3, 0.4) is 0 Å². The summed E-state index contributed by atoms with van der Waals surface area (Å²) in [5, 5.41) is 11.6. The predicted molar refractivity (Wildman–Crippen MR) is 105 cm³/mol. The maximum absolute atomic E-state index is 13.0. The van der Waals surface area contributed by atoms with Gasteiger partial charge in [0.05, 0.1) is 18.1 Å². The van der Waals surface area contributed by atoms with Gasteiger partial charge in [0.2, 0.25) is 0 Å². The number of rotatable bonds is 6. The second kappa shape index (κ2) is 8.48. The van der Waals surface area contributed by atoms with Crippen molar-refractivity contribution in [3.8, 4) is 11.5 Å². The molecule has 0 spiro atoms. The van der Waals surface area contributed by atoms with Crippen molar-refractivity contribution in [3.63, 3.8) is 0 Å². The molecule has 1 aliphatic heterocycles. The topological polar surface area (TPSA) is 81.9 Å². The normalized spacial score (nSPS) is 13.0. The minimum Gasteiger partial charge on any atom is -0.490 e. The van der Waals surface area contributed by atoms with E-state index in [0.717, 1.165) is 11.1 Å². The summed E-state index contributed by atoms with van der Waals surface area (Å²) in [4.78, 5) is 25.3. The summed E-state index contributed by atoms with van der Waals surface area (Å²) >= 11 is 5.96. The molecule has 0 aromatic heterocycles. The van der Waals surface area contributed by atoms with Gasteiger partial charge in [-0.1, -0.05) is 11.6 Å². The Hall–Kier alpha value is -2.80. The number of halogens is 1. The molecule has 1 heterocycles. The number of nitrogens with zero attached hydrogens (tertiary/aromatic N) is 2. The molecule has 28 heavy (non-hydrogen) atoms. The first-order valence-corrected chi connectivity index (χ1v) is 9.47. The summed E-state index contributed by atoms with van der Waals surface area (Å²) < 4.78 is 11.3. The van der Waals surface area contributed by atoms with Crippen LogP contribution < -0.4 is 9.47 Å². The van der Waals surface area contributed by atoms with E-state index < -0.39 is 10.8 Å². The van der Waals surface area contributed by atoms with Gasteiger partial charge in [-0.25, -0.2) is 0 Å². The lowest BCUT2D eigenvalue weighted by Gasteiger charge is -2.30. The van der Waals surface area contributed by atoms with Crippen molar-refractivity contribution >= 4 is 23.2 Å². The Kier molecular flexibility index (Phi) is 6.04. The number of nitro groups is 1. The molecule has 0 N–H and O–H groups in total. The van der Waals surface area contributed by atoms with E-state index in [1.165, 1.54) is 18.2 Å². The molecule has 0 saturated heterocycles. The fraction of sp³-hybridized carbons (Fsp3) is 0.350. The summed E-state index contributed by atoms with van der Waals surface area (Å²) in [7, 11) is 0. The first-order valence-electron chi connectivity index (χ1n) is 9.09. The van der Waals surface area contributed by atoms with Crippen LogP contribution >= 0.6 is 11.6 Å². The molecule has 7 nitrogen and oxygen atoms in total. The van der Waals surface area contributed by atoms with E-state index in [0.29, 0.717) is 44.2 Å². The molecule has 1 amide bonds. The predicted octanol–water partition coefficient (Wildman–Crippen LogP) is 4.24. The lowest BCUT2D eigenvalue weighted by Crippen LogP contribution is -2.36. The zero-order valence-corrected chi connectivity index (χ0v) is 16.5. The molecule has 2 aromatic rings. The van der Waals surface area contributed by atoms with Gasteiger partial charge in [0.1, 0.15) is 5.56 Å². The molecule has 0 bridgehead atoms. The van der Waals surface area contributed by atoms with Crippen LogP contribution in [0, 0.1) is 10.1 Å². The van der Waals surface area contributed by atoms with Gasteiger partial charge in [-0.15, -0.1) is 0 Å². The molecule has 0 radical (unpaired) electrons. The van der Waals surface area contributed by atoms with Crippen LogP contribution in [0.1, 0.15) is 35.3 Å². The monoisotopic (exact) mass is 404 g/mol. The van der Waals surface area contributed by atoms with Gasteiger partial charge in [-0.2, -0.15) is 0 Å². The van der Waals surface area contributed by atoms with Gasteiger partial charge in [0, 0.05) is 24.2 Å². The Bertz CT molecular complexity index is 916. The Morgan fingerprint density at radius 1 is 1.14 bits per heavy atom. The number of carbonyl (C=O) groups excluding carboxylic acids is 1. The molecule has 8 heteroatoms. The number of fused-ring (bicyclic) bond motifs is 1. The molecule has 0 saturated carbocycles. The van der Waals surface area contributed by atoms with Gasteiger partial charge >= 0.3 is 0 Å². The standard InChI is InChI=1S/C20H21ClN2O5/c1-3-27-18-9-13-7-8-22(12-14(13)10-19(18)28-4-2)20(24)16-11-15(21)5-6-17(16)23(25)26/h5-6,9-11H,3-4,7-8,12H2,1-2H3. The van der Waals surface area contributed by atoms with Crippen molar-refractivity contribution in [2.75, 3.05) is 19.8 Å². The minimum absolute atomic E-state index is 0.00285. The van der Waals surface area contributed by atoms with Crippen LogP contribution in [0.25, 0.3) is 0 Å². The summed E-state index contributed by atoms with van der Waals surface area (Å²) in [5.74, 6) is 0.909. The first kappa shape index (κ1) is 19.9. The SMILES string of the molecule is CCOc1cc2c(cc1OCC)CN(C(=O)c1cc(Cl)ccc1[N+](=O)[O-])CC2. The van der Waals surface area contributed by atoms with Gasteiger partial charge in [-0.3, -0.25) is 14.9 Å². The smallest absolute Gasteiger partial charge is 0.282 e. The summed E-state index contributed by atoms with van der Waals surface area (Å²) in [6.45, 7) is 5.62. The second-order valence-electron chi connectivity index (χ2n) is 6.33. The Balaban J connectivity index is 1.91. The third-order valence-corrected chi connectivity index (χ3v) is 4.79. The highest BCUT2D eigenvalue weighted by atomic mass is 35.5. The molecule has 148 valence electrons. The molecule has 2 aromatic carbocycles. The summed E-state index contributed by atoms with van der Waals surface area (Å²) in [5.41, 5.74) is 1.77. The molecule has 0 fully saturated rings. The second-order valence-corrected chi connectivity index (χ2v) is 6.77. The van der Waals surface area contributed by atoms with Crippen molar-refractivity contribution < 1.29 is 19.2 Å². The number of nitro benzene ring substituents is 1. The van der Waals surface area contributed by atoms with Crippen molar-refractivity contribution in [1.29, 1.82) is 0 Å². The molecule has 3 rings (SSSR count). The van der Waals surface area contributed by atoms with E-state index >= 15 is 0 Å². The van der Waals surface area contributed by atoms with Gasteiger partial charge in [-0.05, 0) is 55.7 Å². The quantitative estimate of drug-likeness (QED) is 0.531. The Morgan fingerprint density at radius 2 is 1.79 bits per heavy atom. The van der Waals surface area contributed by atoms with Crippen LogP contribution in [-0.4, -0.2) is 35.5 Å². The van der Waals surface area contributed by atoms with Gasteiger partial charge in [0.25, 0.3) is 11.6 Å². The Morgan fingerprint density at radius 3 is 2.39 bits per heavy atom. The van der Waals surface area contributed by atoms with Crippen LogP contribution in [0.5, 0.6) is 11.5 Å². The molecule has 1 aliphatic rings. The van der Waals surface area contributed by atoms with Crippen LogP contribution in [-0.2, 0) is 13.0 Å². The van der Waals surface area contributed by atoms with Crippen molar-refractivity contribution in [2.45, 2.75) is 26.8 Å². The molecular weight excluding hydrogens is 384 g/mol. The number of ether oxygens (including phenoxy) is 2. The lowest BCUT2D eigenvalue weighted by atomic mass is 9.98. The number of benzene rings is 2. The zero-order chi connectivity index (χ0) is 20.3. The molecule has 0 aliphatic carbocycles. The number of carbonyl (C=O) groups is 1. The number of hydrogen-bond donors (Lipinski definition) is 0. The van der Waals surface area contributed by atoms with E-state index in [4.69, 9.17) is 21.1 Å². The van der Waals surface area contributed by atoms with Crippen molar-refractivity contribution in [1.82, 2.24) is 4.90 Å². The molecule has 0 unspecified atom stereocenters. The van der Waals surface area contributed by atoms with Gasteiger partial charge in [0.15, 0.2) is 11.5 Å². The Labute approximate surface area is 168 Å². The van der Waals surface area contributed by atoms with Gasteiger partial charge < -0.3 is 14.4 Å². The van der Waals surface area contributed by atoms with Crippen molar-refractivity contribution in [2.24, 2.45) is 0 Å². The summed E-state index contributed by atoms with van der Waals surface area (Å²) in [6.07, 6.45) is 0.627. The first-order chi connectivity index (χ1) is 13.4. The van der Waals surface area contributed by atoms with E-state index in [-0.39, 0.29) is 16.3 Å². The zero-order valence-electron chi connectivity index (χ0n) is 15.7. The van der Waals surface area contributed by atoms with Crippen LogP contribution in [0.4, 0.5) is 5.69 Å². The summed E-state index contributed by atoms with van der Waals surface area (Å²) in [6, 6.07) is 7.85.